The Morgan fingerprint density at radius 3 is 2.36 bits per heavy atom. The van der Waals surface area contributed by atoms with Crippen molar-refractivity contribution in [3.05, 3.63) is 24.3 Å². The Morgan fingerprint density at radius 1 is 1.07 bits per heavy atom. The van der Waals surface area contributed by atoms with Crippen molar-refractivity contribution < 1.29 is 19.8 Å². The number of allylic oxidation sites excluding steroid dienone is 3. The van der Waals surface area contributed by atoms with Crippen molar-refractivity contribution in [2.45, 2.75) is 25.7 Å². The molecule has 0 fully saturated rings. The third kappa shape index (κ3) is 10.4. The molecule has 0 rings (SSSR count). The maximum absolute atomic E-state index is 10.1. The molecule has 0 amide bonds. The number of hydrogen-bond acceptors (Lipinski definition) is 2. The van der Waals surface area contributed by atoms with Gasteiger partial charge in [0, 0.05) is 12.5 Å². The van der Waals surface area contributed by atoms with Crippen LogP contribution < -0.4 is 0 Å². The summed E-state index contributed by atoms with van der Waals surface area (Å²) in [6, 6.07) is 0. The number of rotatable bonds is 7. The standard InChI is InChI=1S/C10H14O4/c11-9(12)7-5-3-1-2-4-6-8-10(13)14/h1-2,5,7H,3-4,6,8H2,(H,11,12)(H,13,14)/b2-1?,7-5-. The van der Waals surface area contributed by atoms with Gasteiger partial charge in [0.05, 0.1) is 0 Å². The van der Waals surface area contributed by atoms with E-state index in [1.165, 1.54) is 6.08 Å². The predicted octanol–water partition coefficient (Wildman–Crippen LogP) is 1.83. The second kappa shape index (κ2) is 8.04. The fraction of sp³-hybridized carbons (Fsp3) is 0.400. The van der Waals surface area contributed by atoms with Gasteiger partial charge in [-0.15, -0.1) is 0 Å². The highest BCUT2D eigenvalue weighted by molar-refractivity contribution is 5.79. The van der Waals surface area contributed by atoms with E-state index in [0.29, 0.717) is 19.3 Å². The Hall–Kier alpha value is -1.58. The second-order valence-electron chi connectivity index (χ2n) is 2.73. The number of carboxylic acids is 2. The van der Waals surface area contributed by atoms with E-state index >= 15 is 0 Å². The summed E-state index contributed by atoms with van der Waals surface area (Å²) in [6.07, 6.45) is 8.38. The van der Waals surface area contributed by atoms with E-state index in [2.05, 4.69) is 0 Å². The molecule has 0 aromatic heterocycles. The molecule has 0 radical (unpaired) electrons. The Bertz CT molecular complexity index is 241. The number of carboxylic acid groups (broad SMARTS) is 2. The van der Waals surface area contributed by atoms with Crippen molar-refractivity contribution in [1.29, 1.82) is 0 Å². The Kier molecular flexibility index (Phi) is 7.13. The van der Waals surface area contributed by atoms with Gasteiger partial charge in [-0.1, -0.05) is 18.2 Å². The zero-order valence-corrected chi connectivity index (χ0v) is 7.85. The third-order valence-electron chi connectivity index (χ3n) is 1.46. The first-order valence-corrected chi connectivity index (χ1v) is 4.39. The van der Waals surface area contributed by atoms with E-state index in [1.807, 2.05) is 12.2 Å². The summed E-state index contributed by atoms with van der Waals surface area (Å²) < 4.78 is 0. The van der Waals surface area contributed by atoms with Crippen molar-refractivity contribution in [3.8, 4) is 0 Å². The van der Waals surface area contributed by atoms with E-state index in [-0.39, 0.29) is 6.42 Å². The first-order chi connectivity index (χ1) is 6.63. The maximum atomic E-state index is 10.1. The van der Waals surface area contributed by atoms with Gasteiger partial charge < -0.3 is 10.2 Å². The van der Waals surface area contributed by atoms with Gasteiger partial charge in [-0.3, -0.25) is 4.79 Å². The highest BCUT2D eigenvalue weighted by Gasteiger charge is 1.92. The minimum absolute atomic E-state index is 0.176. The largest absolute Gasteiger partial charge is 0.481 e. The first-order valence-electron chi connectivity index (χ1n) is 4.39. The minimum atomic E-state index is -0.954. The van der Waals surface area contributed by atoms with Crippen molar-refractivity contribution in [2.24, 2.45) is 0 Å². The molecule has 0 saturated heterocycles. The molecule has 78 valence electrons. The molecule has 0 saturated carbocycles. The highest BCUT2D eigenvalue weighted by atomic mass is 16.4. The van der Waals surface area contributed by atoms with Gasteiger partial charge in [0.25, 0.3) is 0 Å². The zero-order chi connectivity index (χ0) is 10.8. The van der Waals surface area contributed by atoms with Gasteiger partial charge in [-0.2, -0.15) is 0 Å². The summed E-state index contributed by atoms with van der Waals surface area (Å²) in [5.74, 6) is -1.74. The summed E-state index contributed by atoms with van der Waals surface area (Å²) in [7, 11) is 0. The molecule has 0 spiro atoms. The lowest BCUT2D eigenvalue weighted by Crippen LogP contribution is -1.92. The average molecular weight is 198 g/mol. The smallest absolute Gasteiger partial charge is 0.327 e. The van der Waals surface area contributed by atoms with Crippen LogP contribution in [0.5, 0.6) is 0 Å². The van der Waals surface area contributed by atoms with Crippen LogP contribution in [0.2, 0.25) is 0 Å². The third-order valence-corrected chi connectivity index (χ3v) is 1.46. The van der Waals surface area contributed by atoms with Gasteiger partial charge in [0.15, 0.2) is 0 Å². The van der Waals surface area contributed by atoms with Crippen molar-refractivity contribution in [2.75, 3.05) is 0 Å². The molecule has 0 aliphatic heterocycles. The lowest BCUT2D eigenvalue weighted by molar-refractivity contribution is -0.137. The molecule has 4 heteroatoms. The Balaban J connectivity index is 3.36. The van der Waals surface area contributed by atoms with Crippen LogP contribution in [0, 0.1) is 0 Å². The summed E-state index contributed by atoms with van der Waals surface area (Å²) >= 11 is 0. The molecule has 4 nitrogen and oxygen atoms in total. The Morgan fingerprint density at radius 2 is 1.79 bits per heavy atom. The summed E-state index contributed by atoms with van der Waals surface area (Å²) in [4.78, 5) is 20.1. The molecular weight excluding hydrogens is 184 g/mol. The van der Waals surface area contributed by atoms with Crippen LogP contribution in [0.3, 0.4) is 0 Å². The maximum Gasteiger partial charge on any atom is 0.327 e. The van der Waals surface area contributed by atoms with E-state index < -0.39 is 11.9 Å². The van der Waals surface area contributed by atoms with Gasteiger partial charge in [-0.05, 0) is 19.3 Å². The van der Waals surface area contributed by atoms with E-state index in [1.54, 1.807) is 0 Å². The molecule has 0 heterocycles. The molecule has 14 heavy (non-hydrogen) atoms. The van der Waals surface area contributed by atoms with Gasteiger partial charge in [-0.25, -0.2) is 4.79 Å². The van der Waals surface area contributed by atoms with Crippen molar-refractivity contribution >= 4 is 11.9 Å². The van der Waals surface area contributed by atoms with Gasteiger partial charge in [0.2, 0.25) is 0 Å². The van der Waals surface area contributed by atoms with Crippen molar-refractivity contribution in [1.82, 2.24) is 0 Å². The van der Waals surface area contributed by atoms with Crippen LogP contribution in [-0.4, -0.2) is 22.2 Å². The summed E-state index contributed by atoms with van der Waals surface area (Å²) in [5, 5.41) is 16.6. The molecule has 0 aromatic carbocycles. The normalized spacial score (nSPS) is 11.1. The average Bonchev–Trinajstić information content (AvgIpc) is 2.08. The molecule has 0 unspecified atom stereocenters. The highest BCUT2D eigenvalue weighted by Crippen LogP contribution is 1.97. The predicted molar refractivity (Wildman–Crippen MR) is 52.0 cm³/mol. The molecule has 0 aromatic rings. The van der Waals surface area contributed by atoms with E-state index in [0.717, 1.165) is 6.08 Å². The second-order valence-corrected chi connectivity index (χ2v) is 2.73. The quantitative estimate of drug-likeness (QED) is 0.372. The fourth-order valence-electron chi connectivity index (χ4n) is 0.833. The Labute approximate surface area is 82.6 Å². The van der Waals surface area contributed by atoms with Crippen LogP contribution in [-0.2, 0) is 9.59 Å². The lowest BCUT2D eigenvalue weighted by Gasteiger charge is -1.89. The monoisotopic (exact) mass is 198 g/mol. The summed E-state index contributed by atoms with van der Waals surface area (Å²) in [6.45, 7) is 0. The van der Waals surface area contributed by atoms with Crippen LogP contribution in [0.15, 0.2) is 24.3 Å². The first kappa shape index (κ1) is 12.4. The molecule has 0 aliphatic rings. The molecule has 0 bridgehead atoms. The fourth-order valence-corrected chi connectivity index (χ4v) is 0.833. The van der Waals surface area contributed by atoms with Crippen LogP contribution in [0.25, 0.3) is 0 Å². The molecule has 2 N–H and O–H groups in total. The van der Waals surface area contributed by atoms with E-state index in [4.69, 9.17) is 10.2 Å². The SMILES string of the molecule is O=C(O)/C=C\CC=CCCCC(=O)O. The molecular formula is C10H14O4. The molecule has 0 atom stereocenters. The van der Waals surface area contributed by atoms with Crippen LogP contribution >= 0.6 is 0 Å². The number of hydrogen-bond donors (Lipinski definition) is 2. The van der Waals surface area contributed by atoms with E-state index in [9.17, 15) is 9.59 Å². The minimum Gasteiger partial charge on any atom is -0.481 e. The summed E-state index contributed by atoms with van der Waals surface area (Å²) in [5.41, 5.74) is 0. The topological polar surface area (TPSA) is 74.6 Å². The van der Waals surface area contributed by atoms with Crippen LogP contribution in [0.1, 0.15) is 25.7 Å². The van der Waals surface area contributed by atoms with Gasteiger partial charge in [0.1, 0.15) is 0 Å². The van der Waals surface area contributed by atoms with Crippen molar-refractivity contribution in [3.63, 3.8) is 0 Å². The number of carbonyl (C=O) groups is 2. The van der Waals surface area contributed by atoms with Crippen LogP contribution in [0.4, 0.5) is 0 Å². The zero-order valence-electron chi connectivity index (χ0n) is 7.85. The van der Waals surface area contributed by atoms with Gasteiger partial charge >= 0.3 is 11.9 Å². The number of aliphatic carboxylic acids is 2. The lowest BCUT2D eigenvalue weighted by atomic mass is 10.2. The number of unbranched alkanes of at least 4 members (excludes halogenated alkanes) is 1. The molecule has 0 aliphatic carbocycles.